The second kappa shape index (κ2) is 8.65. The summed E-state index contributed by atoms with van der Waals surface area (Å²) in [5.41, 5.74) is 1.51. The summed E-state index contributed by atoms with van der Waals surface area (Å²) in [5, 5.41) is 18.6. The predicted octanol–water partition coefficient (Wildman–Crippen LogP) is 1.04. The first-order chi connectivity index (χ1) is 12.5. The lowest BCUT2D eigenvalue weighted by molar-refractivity contribution is -0.122. The second-order valence-electron chi connectivity index (χ2n) is 5.37. The third-order valence-corrected chi connectivity index (χ3v) is 3.53. The molecule has 0 fully saturated rings. The highest BCUT2D eigenvalue weighted by Crippen LogP contribution is 2.33. The molecule has 1 heterocycles. The van der Waals surface area contributed by atoms with Crippen LogP contribution in [-0.4, -0.2) is 46.2 Å². The van der Waals surface area contributed by atoms with E-state index in [2.05, 4.69) is 22.2 Å². The quantitative estimate of drug-likeness (QED) is 0.642. The van der Waals surface area contributed by atoms with E-state index in [-0.39, 0.29) is 24.7 Å². The van der Waals surface area contributed by atoms with Gasteiger partial charge in [0, 0.05) is 12.1 Å². The van der Waals surface area contributed by atoms with Gasteiger partial charge in [0.15, 0.2) is 17.2 Å². The SMILES string of the molecule is C=CCc1cc(CNC(=O)Cn2cc(C(=O)O)nn2)cc(OC)c1OC. The molecule has 0 radical (unpaired) electrons. The maximum Gasteiger partial charge on any atom is 0.358 e. The van der Waals surface area contributed by atoms with Gasteiger partial charge < -0.3 is 19.9 Å². The molecular weight excluding hydrogens is 340 g/mol. The number of benzene rings is 1. The molecule has 9 nitrogen and oxygen atoms in total. The fraction of sp³-hybridized carbons (Fsp3) is 0.294. The van der Waals surface area contributed by atoms with Gasteiger partial charge in [0.05, 0.1) is 20.4 Å². The van der Waals surface area contributed by atoms with Gasteiger partial charge >= 0.3 is 5.97 Å². The largest absolute Gasteiger partial charge is 0.493 e. The molecular formula is C17H20N4O5. The molecule has 0 bridgehead atoms. The van der Waals surface area contributed by atoms with E-state index in [0.29, 0.717) is 17.9 Å². The number of methoxy groups -OCH3 is 2. The van der Waals surface area contributed by atoms with E-state index in [1.165, 1.54) is 6.20 Å². The van der Waals surface area contributed by atoms with Crippen molar-refractivity contribution in [1.29, 1.82) is 0 Å². The van der Waals surface area contributed by atoms with Gasteiger partial charge in [0.1, 0.15) is 6.54 Å². The van der Waals surface area contributed by atoms with E-state index in [4.69, 9.17) is 14.6 Å². The lowest BCUT2D eigenvalue weighted by Crippen LogP contribution is -2.27. The molecule has 9 heteroatoms. The van der Waals surface area contributed by atoms with Gasteiger partial charge in [-0.1, -0.05) is 11.3 Å². The summed E-state index contributed by atoms with van der Waals surface area (Å²) < 4.78 is 11.9. The van der Waals surface area contributed by atoms with E-state index < -0.39 is 5.97 Å². The summed E-state index contributed by atoms with van der Waals surface area (Å²) >= 11 is 0. The minimum Gasteiger partial charge on any atom is -0.493 e. The van der Waals surface area contributed by atoms with Crippen LogP contribution in [0.15, 0.2) is 31.0 Å². The lowest BCUT2D eigenvalue weighted by Gasteiger charge is -2.14. The van der Waals surface area contributed by atoms with E-state index in [1.54, 1.807) is 26.4 Å². The van der Waals surface area contributed by atoms with Crippen LogP contribution in [0.4, 0.5) is 0 Å². The molecule has 0 saturated heterocycles. The molecule has 0 aliphatic carbocycles. The fourth-order valence-electron chi connectivity index (χ4n) is 2.39. The number of hydrogen-bond donors (Lipinski definition) is 2. The molecule has 0 aliphatic rings. The van der Waals surface area contributed by atoms with Crippen LogP contribution in [0.3, 0.4) is 0 Å². The normalized spacial score (nSPS) is 10.2. The maximum atomic E-state index is 12.0. The Labute approximate surface area is 150 Å². The summed E-state index contributed by atoms with van der Waals surface area (Å²) in [5.74, 6) is -0.326. The van der Waals surface area contributed by atoms with E-state index >= 15 is 0 Å². The number of carboxylic acids is 1. The van der Waals surface area contributed by atoms with E-state index in [0.717, 1.165) is 15.8 Å². The lowest BCUT2D eigenvalue weighted by atomic mass is 10.1. The molecule has 0 saturated carbocycles. The van der Waals surface area contributed by atoms with Gasteiger partial charge in [0.25, 0.3) is 0 Å². The number of hydrogen-bond acceptors (Lipinski definition) is 6. The summed E-state index contributed by atoms with van der Waals surface area (Å²) in [7, 11) is 3.11. The van der Waals surface area contributed by atoms with Gasteiger partial charge in [-0.25, -0.2) is 9.48 Å². The Morgan fingerprint density at radius 1 is 1.35 bits per heavy atom. The van der Waals surface area contributed by atoms with Crippen LogP contribution >= 0.6 is 0 Å². The number of amides is 1. The Balaban J connectivity index is 2.05. The Hall–Kier alpha value is -3.36. The Bertz CT molecular complexity index is 815. The third-order valence-electron chi connectivity index (χ3n) is 3.53. The predicted molar refractivity (Wildman–Crippen MR) is 92.3 cm³/mol. The zero-order valence-corrected chi connectivity index (χ0v) is 14.6. The van der Waals surface area contributed by atoms with Crippen LogP contribution in [0.1, 0.15) is 21.6 Å². The molecule has 0 aliphatic heterocycles. The zero-order chi connectivity index (χ0) is 19.1. The molecule has 26 heavy (non-hydrogen) atoms. The van der Waals surface area contributed by atoms with Crippen molar-refractivity contribution in [3.05, 3.63) is 47.8 Å². The van der Waals surface area contributed by atoms with Crippen molar-refractivity contribution in [2.45, 2.75) is 19.5 Å². The summed E-state index contributed by atoms with van der Waals surface area (Å²) in [6.45, 7) is 3.86. The topological polar surface area (TPSA) is 116 Å². The molecule has 138 valence electrons. The zero-order valence-electron chi connectivity index (χ0n) is 14.6. The van der Waals surface area contributed by atoms with Crippen molar-refractivity contribution in [2.75, 3.05) is 14.2 Å². The van der Waals surface area contributed by atoms with E-state index in [9.17, 15) is 9.59 Å². The van der Waals surface area contributed by atoms with Crippen LogP contribution in [0.25, 0.3) is 0 Å². The molecule has 2 rings (SSSR count). The number of aromatic nitrogens is 3. The van der Waals surface area contributed by atoms with Crippen molar-refractivity contribution in [3.8, 4) is 11.5 Å². The molecule has 0 unspecified atom stereocenters. The molecule has 1 aromatic carbocycles. The highest BCUT2D eigenvalue weighted by molar-refractivity contribution is 5.84. The summed E-state index contributed by atoms with van der Waals surface area (Å²) in [6, 6.07) is 3.69. The average molecular weight is 360 g/mol. The molecule has 0 spiro atoms. The molecule has 0 atom stereocenters. The molecule has 2 N–H and O–H groups in total. The summed E-state index contributed by atoms with van der Waals surface area (Å²) in [4.78, 5) is 22.8. The first-order valence-electron chi connectivity index (χ1n) is 7.73. The van der Waals surface area contributed by atoms with Gasteiger partial charge in [-0.15, -0.1) is 11.7 Å². The van der Waals surface area contributed by atoms with Crippen LogP contribution in [0, 0.1) is 0 Å². The molecule has 2 aromatic rings. The Morgan fingerprint density at radius 2 is 2.12 bits per heavy atom. The number of carbonyl (C=O) groups is 2. The van der Waals surface area contributed by atoms with Crippen LogP contribution in [-0.2, 0) is 24.3 Å². The number of rotatable bonds is 9. The maximum absolute atomic E-state index is 12.0. The number of nitrogens with one attached hydrogen (secondary N) is 1. The first-order valence-corrected chi connectivity index (χ1v) is 7.73. The second-order valence-corrected chi connectivity index (χ2v) is 5.37. The van der Waals surface area contributed by atoms with Crippen molar-refractivity contribution >= 4 is 11.9 Å². The van der Waals surface area contributed by atoms with Crippen molar-refractivity contribution in [2.24, 2.45) is 0 Å². The van der Waals surface area contributed by atoms with Gasteiger partial charge in [-0.3, -0.25) is 4.79 Å². The highest BCUT2D eigenvalue weighted by atomic mass is 16.5. The fourth-order valence-corrected chi connectivity index (χ4v) is 2.39. The minimum atomic E-state index is -1.20. The van der Waals surface area contributed by atoms with Gasteiger partial charge in [0.2, 0.25) is 5.91 Å². The number of carboxylic acid groups (broad SMARTS) is 1. The van der Waals surface area contributed by atoms with Crippen molar-refractivity contribution in [3.63, 3.8) is 0 Å². The number of nitrogens with zero attached hydrogens (tertiary/aromatic N) is 3. The monoisotopic (exact) mass is 360 g/mol. The molecule has 1 aromatic heterocycles. The number of carbonyl (C=O) groups excluding carboxylic acids is 1. The van der Waals surface area contributed by atoms with Gasteiger partial charge in [-0.05, 0) is 24.1 Å². The first kappa shape index (κ1) is 19.0. The van der Waals surface area contributed by atoms with Gasteiger partial charge in [-0.2, -0.15) is 0 Å². The average Bonchev–Trinajstić information content (AvgIpc) is 3.08. The standard InChI is InChI=1S/C17H20N4O5/c1-4-5-12-6-11(7-14(25-2)16(12)26-3)8-18-15(22)10-21-9-13(17(23)24)19-20-21/h4,6-7,9H,1,5,8,10H2,2-3H3,(H,18,22)(H,23,24). The minimum absolute atomic E-state index is 0.132. The molecule has 1 amide bonds. The number of allylic oxidation sites excluding steroid dienone is 1. The van der Waals surface area contributed by atoms with E-state index in [1.807, 2.05) is 6.07 Å². The van der Waals surface area contributed by atoms with Crippen molar-refractivity contribution < 1.29 is 24.2 Å². The van der Waals surface area contributed by atoms with Crippen LogP contribution in [0.5, 0.6) is 11.5 Å². The Morgan fingerprint density at radius 3 is 2.69 bits per heavy atom. The Kier molecular flexibility index (Phi) is 6.31. The smallest absolute Gasteiger partial charge is 0.358 e. The number of aromatic carboxylic acids is 1. The van der Waals surface area contributed by atoms with Crippen molar-refractivity contribution in [1.82, 2.24) is 20.3 Å². The summed E-state index contributed by atoms with van der Waals surface area (Å²) in [6.07, 6.45) is 3.54. The van der Waals surface area contributed by atoms with Crippen LogP contribution in [0.2, 0.25) is 0 Å². The highest BCUT2D eigenvalue weighted by Gasteiger charge is 2.13. The third kappa shape index (κ3) is 4.59. The van der Waals surface area contributed by atoms with Crippen LogP contribution < -0.4 is 14.8 Å². The number of ether oxygens (including phenoxy) is 2.